The number of ether oxygens (including phenoxy) is 1. The molecule has 0 unspecified atom stereocenters. The average molecular weight is 407 g/mol. The maximum atomic E-state index is 6.27. The van der Waals surface area contributed by atoms with Crippen molar-refractivity contribution in [2.24, 2.45) is 0 Å². The van der Waals surface area contributed by atoms with Crippen molar-refractivity contribution in [3.05, 3.63) is 69.0 Å². The smallest absolute Gasteiger partial charge is 0.313 e. The van der Waals surface area contributed by atoms with Gasteiger partial charge in [0.05, 0.1) is 5.02 Å². The molecular weight excluding hydrogens is 394 g/mol. The maximum Gasteiger partial charge on any atom is 0.313 e. The molecule has 0 aliphatic carbocycles. The molecule has 0 saturated carbocycles. The van der Waals surface area contributed by atoms with E-state index in [9.17, 15) is 0 Å². The Morgan fingerprint density at radius 1 is 1.17 bits per heavy atom. The summed E-state index contributed by atoms with van der Waals surface area (Å²) in [5, 5.41) is 7.86. The standard InChI is InChI=1S/C17H13BrClN3O2/c18-13-3-1-2-12(8-13)10-23-15-6-4-11(9-14(15)19)5-7-16-21-22-17(20)24-16/h1-9H,10H2,(H2,20,22)/b7-5+. The number of rotatable bonds is 5. The van der Waals surface area contributed by atoms with Crippen LogP contribution in [0.2, 0.25) is 5.02 Å². The molecule has 0 radical (unpaired) electrons. The van der Waals surface area contributed by atoms with Gasteiger partial charge in [-0.15, -0.1) is 5.10 Å². The molecule has 0 aliphatic rings. The molecule has 7 heteroatoms. The molecule has 3 aromatic rings. The number of aromatic nitrogens is 2. The average Bonchev–Trinajstić information content (AvgIpc) is 2.98. The Morgan fingerprint density at radius 2 is 2.04 bits per heavy atom. The summed E-state index contributed by atoms with van der Waals surface area (Å²) < 4.78 is 11.8. The maximum absolute atomic E-state index is 6.27. The minimum absolute atomic E-state index is 0.0315. The van der Waals surface area contributed by atoms with Crippen LogP contribution in [0.25, 0.3) is 12.2 Å². The summed E-state index contributed by atoms with van der Waals surface area (Å²) in [4.78, 5) is 0. The topological polar surface area (TPSA) is 74.2 Å². The van der Waals surface area contributed by atoms with E-state index in [0.29, 0.717) is 23.3 Å². The lowest BCUT2D eigenvalue weighted by Crippen LogP contribution is -1.96. The third-order valence-electron chi connectivity index (χ3n) is 3.11. The fourth-order valence-corrected chi connectivity index (χ4v) is 2.70. The van der Waals surface area contributed by atoms with Gasteiger partial charge >= 0.3 is 6.01 Å². The van der Waals surface area contributed by atoms with E-state index in [2.05, 4.69) is 26.1 Å². The van der Waals surface area contributed by atoms with Gasteiger partial charge in [-0.25, -0.2) is 0 Å². The van der Waals surface area contributed by atoms with E-state index in [4.69, 9.17) is 26.5 Å². The van der Waals surface area contributed by atoms with E-state index in [1.807, 2.05) is 36.4 Å². The third-order valence-corrected chi connectivity index (χ3v) is 3.90. The van der Waals surface area contributed by atoms with Crippen molar-refractivity contribution in [2.75, 3.05) is 5.73 Å². The van der Waals surface area contributed by atoms with Gasteiger partial charge in [0.25, 0.3) is 0 Å². The van der Waals surface area contributed by atoms with Gasteiger partial charge in [0.1, 0.15) is 12.4 Å². The zero-order chi connectivity index (χ0) is 16.9. The van der Waals surface area contributed by atoms with Gasteiger partial charge in [0.2, 0.25) is 5.89 Å². The zero-order valence-electron chi connectivity index (χ0n) is 12.4. The molecule has 1 aromatic heterocycles. The second-order valence-corrected chi connectivity index (χ2v) is 6.24. The van der Waals surface area contributed by atoms with Crippen LogP contribution in [0.5, 0.6) is 5.75 Å². The van der Waals surface area contributed by atoms with Gasteiger partial charge < -0.3 is 14.9 Å². The van der Waals surface area contributed by atoms with E-state index >= 15 is 0 Å². The van der Waals surface area contributed by atoms with Crippen LogP contribution in [0.15, 0.2) is 51.4 Å². The van der Waals surface area contributed by atoms with E-state index in [-0.39, 0.29) is 6.01 Å². The number of nitrogens with two attached hydrogens (primary N) is 1. The molecule has 0 saturated heterocycles. The monoisotopic (exact) mass is 405 g/mol. The van der Waals surface area contributed by atoms with Crippen LogP contribution in [0, 0.1) is 0 Å². The molecular formula is C17H13BrClN3O2. The number of halogens is 2. The van der Waals surface area contributed by atoms with E-state index in [0.717, 1.165) is 15.6 Å². The Kier molecular flexibility index (Phi) is 5.17. The lowest BCUT2D eigenvalue weighted by atomic mass is 10.2. The second kappa shape index (κ2) is 7.51. The highest BCUT2D eigenvalue weighted by Gasteiger charge is 2.04. The fraction of sp³-hybridized carbons (Fsp3) is 0.0588. The molecule has 0 bridgehead atoms. The van der Waals surface area contributed by atoms with Crippen molar-refractivity contribution in [1.82, 2.24) is 10.2 Å². The van der Waals surface area contributed by atoms with Crippen LogP contribution >= 0.6 is 27.5 Å². The van der Waals surface area contributed by atoms with Crippen molar-refractivity contribution in [3.8, 4) is 5.75 Å². The van der Waals surface area contributed by atoms with Crippen molar-refractivity contribution in [1.29, 1.82) is 0 Å². The SMILES string of the molecule is Nc1nnc(/C=C/c2ccc(OCc3cccc(Br)c3)c(Cl)c2)o1. The lowest BCUT2D eigenvalue weighted by Gasteiger charge is -2.09. The second-order valence-electron chi connectivity index (χ2n) is 4.92. The molecule has 0 spiro atoms. The fourth-order valence-electron chi connectivity index (χ4n) is 2.01. The Hall–Kier alpha value is -2.31. The van der Waals surface area contributed by atoms with Crippen LogP contribution in [-0.4, -0.2) is 10.2 Å². The highest BCUT2D eigenvalue weighted by Crippen LogP contribution is 2.27. The van der Waals surface area contributed by atoms with Gasteiger partial charge in [-0.05, 0) is 41.5 Å². The first-order valence-corrected chi connectivity index (χ1v) is 8.21. The molecule has 24 heavy (non-hydrogen) atoms. The minimum atomic E-state index is 0.0315. The number of hydrogen-bond acceptors (Lipinski definition) is 5. The Labute approximate surface area is 152 Å². The van der Waals surface area contributed by atoms with Gasteiger partial charge in [-0.1, -0.05) is 50.8 Å². The minimum Gasteiger partial charge on any atom is -0.487 e. The van der Waals surface area contributed by atoms with Crippen LogP contribution in [0.4, 0.5) is 6.01 Å². The van der Waals surface area contributed by atoms with E-state index in [1.165, 1.54) is 0 Å². The summed E-state index contributed by atoms with van der Waals surface area (Å²) in [6.45, 7) is 0.440. The van der Waals surface area contributed by atoms with Crippen molar-refractivity contribution < 1.29 is 9.15 Å². The summed E-state index contributed by atoms with van der Waals surface area (Å²) in [6, 6.07) is 13.5. The molecule has 0 amide bonds. The zero-order valence-corrected chi connectivity index (χ0v) is 14.8. The number of anilines is 1. The summed E-state index contributed by atoms with van der Waals surface area (Å²) >= 11 is 9.71. The summed E-state index contributed by atoms with van der Waals surface area (Å²) in [6.07, 6.45) is 3.47. The largest absolute Gasteiger partial charge is 0.487 e. The predicted octanol–water partition coefficient (Wildman–Crippen LogP) is 4.82. The molecule has 2 aromatic carbocycles. The number of benzene rings is 2. The van der Waals surface area contributed by atoms with Crippen LogP contribution in [0.3, 0.4) is 0 Å². The van der Waals surface area contributed by atoms with Gasteiger partial charge in [-0.2, -0.15) is 0 Å². The molecule has 0 fully saturated rings. The predicted molar refractivity (Wildman–Crippen MR) is 97.6 cm³/mol. The highest BCUT2D eigenvalue weighted by atomic mass is 79.9. The molecule has 0 aliphatic heterocycles. The number of nitrogens with zero attached hydrogens (tertiary/aromatic N) is 2. The van der Waals surface area contributed by atoms with Crippen molar-refractivity contribution >= 4 is 45.7 Å². The van der Waals surface area contributed by atoms with Crippen LogP contribution < -0.4 is 10.5 Å². The summed E-state index contributed by atoms with van der Waals surface area (Å²) in [5.41, 5.74) is 7.30. The van der Waals surface area contributed by atoms with E-state index < -0.39 is 0 Å². The third kappa shape index (κ3) is 4.37. The molecule has 3 rings (SSSR count). The Balaban J connectivity index is 1.67. The summed E-state index contributed by atoms with van der Waals surface area (Å²) in [5.74, 6) is 0.953. The highest BCUT2D eigenvalue weighted by molar-refractivity contribution is 9.10. The van der Waals surface area contributed by atoms with Crippen LogP contribution in [-0.2, 0) is 6.61 Å². The number of hydrogen-bond donors (Lipinski definition) is 1. The number of nitrogen functional groups attached to an aromatic ring is 1. The van der Waals surface area contributed by atoms with Crippen molar-refractivity contribution in [2.45, 2.75) is 6.61 Å². The Morgan fingerprint density at radius 3 is 2.75 bits per heavy atom. The molecule has 122 valence electrons. The lowest BCUT2D eigenvalue weighted by molar-refractivity contribution is 0.306. The summed E-state index contributed by atoms with van der Waals surface area (Å²) in [7, 11) is 0. The molecule has 5 nitrogen and oxygen atoms in total. The first-order valence-electron chi connectivity index (χ1n) is 7.04. The van der Waals surface area contributed by atoms with Crippen molar-refractivity contribution in [3.63, 3.8) is 0 Å². The van der Waals surface area contributed by atoms with Gasteiger partial charge in [0, 0.05) is 10.5 Å². The quantitative estimate of drug-likeness (QED) is 0.657. The molecule has 0 atom stereocenters. The van der Waals surface area contributed by atoms with Crippen LogP contribution in [0.1, 0.15) is 17.0 Å². The Bertz CT molecular complexity index is 880. The first kappa shape index (κ1) is 16.5. The van der Waals surface area contributed by atoms with E-state index in [1.54, 1.807) is 18.2 Å². The van der Waals surface area contributed by atoms with Gasteiger partial charge in [0.15, 0.2) is 0 Å². The van der Waals surface area contributed by atoms with Gasteiger partial charge in [-0.3, -0.25) is 0 Å². The normalized spacial score (nSPS) is 11.1. The molecule has 1 heterocycles. The molecule has 2 N–H and O–H groups in total. The first-order chi connectivity index (χ1) is 11.6.